The maximum absolute atomic E-state index is 6.45. The van der Waals surface area contributed by atoms with Gasteiger partial charge in [0.15, 0.2) is 34.9 Å². The van der Waals surface area contributed by atoms with Gasteiger partial charge in [-0.25, -0.2) is 39.9 Å². The highest BCUT2D eigenvalue weighted by Crippen LogP contribution is 2.48. The van der Waals surface area contributed by atoms with E-state index in [9.17, 15) is 0 Å². The molecule has 114 heavy (non-hydrogen) atoms. The highest BCUT2D eigenvalue weighted by Gasteiger charge is 2.24. The van der Waals surface area contributed by atoms with Crippen LogP contribution < -0.4 is 0 Å². The van der Waals surface area contributed by atoms with Crippen molar-refractivity contribution in [1.29, 1.82) is 0 Å². The van der Waals surface area contributed by atoms with Crippen LogP contribution in [0.25, 0.3) is 230 Å². The molecular formula is C102H60N8O2S2. The van der Waals surface area contributed by atoms with E-state index in [2.05, 4.69) is 243 Å². The van der Waals surface area contributed by atoms with Gasteiger partial charge in [-0.1, -0.05) is 328 Å². The number of para-hydroxylation sites is 4. The minimum absolute atomic E-state index is 0.611. The fraction of sp³-hybridized carbons (Fsp3) is 0. The smallest absolute Gasteiger partial charge is 0.164 e. The van der Waals surface area contributed by atoms with Crippen molar-refractivity contribution < 1.29 is 8.83 Å². The molecule has 0 saturated heterocycles. The molecule has 0 bridgehead atoms. The molecule has 532 valence electrons. The second-order valence-corrected chi connectivity index (χ2v) is 30.5. The molecule has 0 N–H and O–H groups in total. The summed E-state index contributed by atoms with van der Waals surface area (Å²) in [4.78, 5) is 40.8. The Bertz CT molecular complexity index is 7640. The van der Waals surface area contributed by atoms with Gasteiger partial charge in [0.05, 0.1) is 22.4 Å². The number of thiophene rings is 2. The van der Waals surface area contributed by atoms with Crippen LogP contribution in [-0.2, 0) is 0 Å². The van der Waals surface area contributed by atoms with Gasteiger partial charge < -0.3 is 8.83 Å². The molecule has 0 aliphatic heterocycles. The summed E-state index contributed by atoms with van der Waals surface area (Å²) in [5.41, 5.74) is 21.5. The summed E-state index contributed by atoms with van der Waals surface area (Å²) in [5.74, 6) is 3.76. The zero-order chi connectivity index (χ0) is 75.2. The van der Waals surface area contributed by atoms with Crippen molar-refractivity contribution >= 4 is 129 Å². The summed E-state index contributed by atoms with van der Waals surface area (Å²) in [5, 5.41) is 11.5. The van der Waals surface area contributed by atoms with Crippen LogP contribution in [-0.4, -0.2) is 39.9 Å². The van der Waals surface area contributed by atoms with Crippen molar-refractivity contribution in [3.63, 3.8) is 0 Å². The van der Waals surface area contributed by atoms with Crippen LogP contribution in [0.2, 0.25) is 0 Å². The lowest BCUT2D eigenvalue weighted by Crippen LogP contribution is -2.00. The number of fused-ring (bicyclic) bond motifs is 16. The van der Waals surface area contributed by atoms with Crippen molar-refractivity contribution in [3.8, 4) is 124 Å². The molecular weight excluding hydrogens is 1430 g/mol. The molecule has 8 heterocycles. The normalized spacial score (nSPS) is 11.7. The third-order valence-electron chi connectivity index (χ3n) is 21.5. The summed E-state index contributed by atoms with van der Waals surface area (Å²) in [6, 6.07) is 126. The van der Waals surface area contributed by atoms with E-state index in [0.29, 0.717) is 34.9 Å². The molecule has 12 heteroatoms. The van der Waals surface area contributed by atoms with E-state index in [1.165, 1.54) is 40.5 Å². The molecule has 0 aliphatic carbocycles. The molecule has 0 aliphatic rings. The first kappa shape index (κ1) is 66.2. The van der Waals surface area contributed by atoms with E-state index in [1.807, 2.05) is 144 Å². The van der Waals surface area contributed by atoms with Gasteiger partial charge in [-0.2, -0.15) is 0 Å². The molecule has 0 unspecified atom stereocenters. The largest absolute Gasteiger partial charge is 0.455 e. The summed E-state index contributed by atoms with van der Waals surface area (Å²) < 4.78 is 17.8. The lowest BCUT2D eigenvalue weighted by atomic mass is 9.98. The number of nitrogens with zero attached hydrogens (tertiary/aromatic N) is 8. The van der Waals surface area contributed by atoms with Crippen LogP contribution in [0.15, 0.2) is 373 Å². The van der Waals surface area contributed by atoms with Crippen molar-refractivity contribution in [2.24, 2.45) is 0 Å². The standard InChI is InChI=1S/C54H32N4OS.C48H28N4OS/c1-3-12-33(13-4-1)34-22-26-37(27-23-34)53-56-52(36-14-5-2-6-15-36)57-54(58-53)38-28-24-35(25-29-38)49-48-44-17-8-10-21-47(44)60-51(48)43-31-30-39(32-45(43)55-49)40-18-11-19-42-41-16-7-9-20-46(41)59-50(40)42;1-3-12-30(13-4-1)46-50-47(31-14-5-2-6-15-31)52-48(51-46)32-24-22-29(23-25-32)43-42-38-17-8-10-21-41(38)54-45(42)37-27-26-33(28-39(37)49-43)34-18-11-19-36-35-16-7-9-20-40(35)53-44(34)36/h1-32H;1-28H. The Morgan fingerprint density at radius 1 is 0.193 bits per heavy atom. The zero-order valence-electron chi connectivity index (χ0n) is 60.9. The fourth-order valence-electron chi connectivity index (χ4n) is 15.9. The number of hydrogen-bond donors (Lipinski definition) is 0. The van der Waals surface area contributed by atoms with E-state index >= 15 is 0 Å². The third-order valence-corrected chi connectivity index (χ3v) is 23.9. The van der Waals surface area contributed by atoms with E-state index in [0.717, 1.165) is 155 Å². The summed E-state index contributed by atoms with van der Waals surface area (Å²) in [6.45, 7) is 0. The summed E-state index contributed by atoms with van der Waals surface area (Å²) in [7, 11) is 0. The summed E-state index contributed by atoms with van der Waals surface area (Å²) >= 11 is 3.64. The molecule has 8 aromatic heterocycles. The molecule has 23 rings (SSSR count). The fourth-order valence-corrected chi connectivity index (χ4v) is 18.4. The number of aromatic nitrogens is 8. The Balaban J connectivity index is 0.000000140. The van der Waals surface area contributed by atoms with Crippen molar-refractivity contribution in [2.45, 2.75) is 0 Å². The Kier molecular flexibility index (Phi) is 16.0. The Hall–Kier alpha value is -14.8. The second kappa shape index (κ2) is 27.6. The molecule has 0 amide bonds. The maximum Gasteiger partial charge on any atom is 0.164 e. The maximum atomic E-state index is 6.45. The predicted octanol–water partition coefficient (Wildman–Crippen LogP) is 27.7. The second-order valence-electron chi connectivity index (χ2n) is 28.4. The van der Waals surface area contributed by atoms with Gasteiger partial charge in [0, 0.05) is 128 Å². The first-order chi connectivity index (χ1) is 56.5. The molecule has 10 nitrogen and oxygen atoms in total. The van der Waals surface area contributed by atoms with Gasteiger partial charge >= 0.3 is 0 Å². The van der Waals surface area contributed by atoms with Gasteiger partial charge in [0.1, 0.15) is 22.3 Å². The van der Waals surface area contributed by atoms with Crippen LogP contribution in [0.1, 0.15) is 0 Å². The molecule has 0 atom stereocenters. The van der Waals surface area contributed by atoms with E-state index < -0.39 is 0 Å². The Morgan fingerprint density at radius 3 is 0.851 bits per heavy atom. The monoisotopic (exact) mass is 1490 g/mol. The quantitative estimate of drug-likeness (QED) is 0.123. The SMILES string of the molecule is c1ccc(-c2ccc(-c3nc(-c4ccccc4)nc(-c4ccc(-c5nc6cc(-c7cccc8c7oc7ccccc78)ccc6c6sc7ccccc7c56)cc4)n3)cc2)cc1.c1ccc(-c2nc(-c3ccccc3)nc(-c3ccc(-c4nc5cc(-c6cccc7c6oc6ccccc67)ccc5c5sc6ccccc6c45)cc3)n2)cc1. The number of furan rings is 2. The van der Waals surface area contributed by atoms with Gasteiger partial charge in [0.2, 0.25) is 0 Å². The van der Waals surface area contributed by atoms with Crippen LogP contribution in [0.4, 0.5) is 0 Å². The summed E-state index contributed by atoms with van der Waals surface area (Å²) in [6.07, 6.45) is 0. The predicted molar refractivity (Wildman–Crippen MR) is 470 cm³/mol. The van der Waals surface area contributed by atoms with Crippen LogP contribution >= 0.6 is 22.7 Å². The minimum Gasteiger partial charge on any atom is -0.455 e. The van der Waals surface area contributed by atoms with E-state index in [1.54, 1.807) is 0 Å². The van der Waals surface area contributed by atoms with Crippen molar-refractivity contribution in [3.05, 3.63) is 364 Å². The number of rotatable bonds is 11. The zero-order valence-corrected chi connectivity index (χ0v) is 62.5. The first-order valence-corrected chi connectivity index (χ1v) is 39.5. The van der Waals surface area contributed by atoms with Gasteiger partial charge in [0.25, 0.3) is 0 Å². The number of hydrogen-bond acceptors (Lipinski definition) is 12. The molecule has 0 saturated carbocycles. The topological polar surface area (TPSA) is 129 Å². The minimum atomic E-state index is 0.611. The van der Waals surface area contributed by atoms with Gasteiger partial charge in [-0.05, 0) is 58.7 Å². The third kappa shape index (κ3) is 11.7. The average molecular weight is 1490 g/mol. The van der Waals surface area contributed by atoms with Crippen molar-refractivity contribution in [2.75, 3.05) is 0 Å². The van der Waals surface area contributed by atoms with E-state index in [4.69, 9.17) is 48.7 Å². The van der Waals surface area contributed by atoms with Gasteiger partial charge in [-0.15, -0.1) is 22.7 Å². The van der Waals surface area contributed by atoms with E-state index in [-0.39, 0.29) is 0 Å². The van der Waals surface area contributed by atoms with Crippen LogP contribution in [0.5, 0.6) is 0 Å². The lowest BCUT2D eigenvalue weighted by molar-refractivity contribution is 0.669. The average Bonchev–Trinajstić information content (AvgIpc) is 1.54. The molecule has 0 fully saturated rings. The van der Waals surface area contributed by atoms with Crippen LogP contribution in [0, 0.1) is 0 Å². The Morgan fingerprint density at radius 2 is 0.474 bits per heavy atom. The molecule has 23 aromatic rings. The highest BCUT2D eigenvalue weighted by atomic mass is 32.1. The number of pyridine rings is 2. The Labute approximate surface area is 661 Å². The lowest BCUT2D eigenvalue weighted by Gasteiger charge is -2.11. The highest BCUT2D eigenvalue weighted by molar-refractivity contribution is 7.27. The molecule has 15 aromatic carbocycles. The first-order valence-electron chi connectivity index (χ1n) is 37.8. The van der Waals surface area contributed by atoms with Gasteiger partial charge in [-0.3, -0.25) is 0 Å². The molecule has 0 spiro atoms. The van der Waals surface area contributed by atoms with Crippen molar-refractivity contribution in [1.82, 2.24) is 39.9 Å². The van der Waals surface area contributed by atoms with Crippen LogP contribution in [0.3, 0.4) is 0 Å². The molecule has 0 radical (unpaired) electrons. The number of benzene rings is 15.